The Morgan fingerprint density at radius 2 is 1.89 bits per heavy atom. The molecule has 0 radical (unpaired) electrons. The maximum absolute atomic E-state index is 5.08. The van der Waals surface area contributed by atoms with Gasteiger partial charge in [-0.15, -0.1) is 0 Å². The lowest BCUT2D eigenvalue weighted by Crippen LogP contribution is -2.26. The summed E-state index contributed by atoms with van der Waals surface area (Å²) in [7, 11) is 2.12. The number of allylic oxidation sites excluding steroid dienone is 4. The van der Waals surface area contributed by atoms with Crippen LogP contribution in [0.2, 0.25) is 0 Å². The second-order valence-corrected chi connectivity index (χ2v) is 7.88. The number of nitrogens with one attached hydrogen (secondary N) is 1. The van der Waals surface area contributed by atoms with Crippen molar-refractivity contribution in [3.05, 3.63) is 77.4 Å². The van der Waals surface area contributed by atoms with E-state index in [0.29, 0.717) is 5.92 Å². The second kappa shape index (κ2) is 10.4. The van der Waals surface area contributed by atoms with E-state index in [1.165, 1.54) is 48.9 Å². The maximum Gasteiger partial charge on any atom is 0.130 e. The summed E-state index contributed by atoms with van der Waals surface area (Å²) in [5.74, 6) is 1.49. The summed E-state index contributed by atoms with van der Waals surface area (Å²) in [5.41, 5.74) is 3.90. The van der Waals surface area contributed by atoms with Gasteiger partial charge in [0.25, 0.3) is 0 Å². The molecule has 1 heterocycles. The van der Waals surface area contributed by atoms with E-state index in [-0.39, 0.29) is 6.04 Å². The highest BCUT2D eigenvalue weighted by Gasteiger charge is 2.21. The van der Waals surface area contributed by atoms with Crippen molar-refractivity contribution in [1.82, 2.24) is 14.9 Å². The number of aryl methyl sites for hydroxylation is 2. The fourth-order valence-electron chi connectivity index (χ4n) is 3.79. The first-order valence-corrected chi connectivity index (χ1v) is 10.9. The van der Waals surface area contributed by atoms with Crippen LogP contribution in [0.5, 0.6) is 0 Å². The molecule has 3 heteroatoms. The smallest absolute Gasteiger partial charge is 0.130 e. The van der Waals surface area contributed by atoms with Crippen molar-refractivity contribution in [2.45, 2.75) is 64.3 Å². The van der Waals surface area contributed by atoms with Crippen LogP contribution in [0.4, 0.5) is 0 Å². The van der Waals surface area contributed by atoms with Gasteiger partial charge in [-0.25, -0.2) is 4.98 Å². The van der Waals surface area contributed by atoms with Crippen LogP contribution < -0.4 is 5.32 Å². The zero-order chi connectivity index (χ0) is 19.8. The Morgan fingerprint density at radius 1 is 1.11 bits per heavy atom. The summed E-state index contributed by atoms with van der Waals surface area (Å²) >= 11 is 0. The summed E-state index contributed by atoms with van der Waals surface area (Å²) in [5, 5.41) is 3.76. The highest BCUT2D eigenvalue weighted by molar-refractivity contribution is 5.31. The molecule has 1 N–H and O–H groups in total. The van der Waals surface area contributed by atoms with Gasteiger partial charge < -0.3 is 9.88 Å². The van der Waals surface area contributed by atoms with E-state index in [2.05, 4.69) is 85.5 Å². The molecule has 2 atom stereocenters. The first kappa shape index (κ1) is 20.6. The molecular formula is C25H35N3. The normalized spacial score (nSPS) is 17.2. The Hall–Kier alpha value is -2.13. The average Bonchev–Trinajstić information content (AvgIpc) is 3.12. The third-order valence-electron chi connectivity index (χ3n) is 5.56. The van der Waals surface area contributed by atoms with Crippen LogP contribution in [0.25, 0.3) is 0 Å². The van der Waals surface area contributed by atoms with Crippen molar-refractivity contribution >= 4 is 0 Å². The van der Waals surface area contributed by atoms with Crippen LogP contribution in [0.3, 0.4) is 0 Å². The van der Waals surface area contributed by atoms with Gasteiger partial charge >= 0.3 is 0 Å². The quantitative estimate of drug-likeness (QED) is 0.527. The molecule has 0 saturated heterocycles. The van der Waals surface area contributed by atoms with E-state index in [9.17, 15) is 0 Å². The van der Waals surface area contributed by atoms with Gasteiger partial charge in [-0.2, -0.15) is 0 Å². The van der Waals surface area contributed by atoms with Crippen LogP contribution in [-0.4, -0.2) is 16.1 Å². The molecule has 1 aromatic carbocycles. The van der Waals surface area contributed by atoms with Crippen LogP contribution in [0.15, 0.2) is 54.8 Å². The van der Waals surface area contributed by atoms with Crippen LogP contribution in [0, 0.1) is 0 Å². The van der Waals surface area contributed by atoms with E-state index in [1.54, 1.807) is 0 Å². The van der Waals surface area contributed by atoms with Crippen molar-refractivity contribution < 1.29 is 0 Å². The van der Waals surface area contributed by atoms with E-state index in [1.807, 2.05) is 0 Å². The van der Waals surface area contributed by atoms with Gasteiger partial charge in [-0.05, 0) is 43.4 Å². The summed E-state index contributed by atoms with van der Waals surface area (Å²) in [6.07, 6.45) is 18.0. The van der Waals surface area contributed by atoms with Crippen LogP contribution in [-0.2, 0) is 13.5 Å². The van der Waals surface area contributed by atoms with Crippen molar-refractivity contribution in [2.75, 3.05) is 6.54 Å². The molecule has 0 bridgehead atoms. The van der Waals surface area contributed by atoms with Gasteiger partial charge in [-0.1, -0.05) is 75.3 Å². The predicted molar refractivity (Wildman–Crippen MR) is 119 cm³/mol. The Kier molecular flexibility index (Phi) is 7.67. The number of hydrogen-bond donors (Lipinski definition) is 1. The van der Waals surface area contributed by atoms with Gasteiger partial charge in [0, 0.05) is 19.2 Å². The molecule has 0 saturated carbocycles. The second-order valence-electron chi connectivity index (χ2n) is 7.88. The topological polar surface area (TPSA) is 29.9 Å². The van der Waals surface area contributed by atoms with Crippen molar-refractivity contribution in [1.29, 1.82) is 0 Å². The van der Waals surface area contributed by atoms with E-state index >= 15 is 0 Å². The number of imidazole rings is 1. The van der Waals surface area contributed by atoms with Gasteiger partial charge in [0.15, 0.2) is 0 Å². The summed E-state index contributed by atoms with van der Waals surface area (Å²) in [4.78, 5) is 5.08. The minimum atomic E-state index is 0.133. The summed E-state index contributed by atoms with van der Waals surface area (Å²) < 4.78 is 2.20. The third-order valence-corrected chi connectivity index (χ3v) is 5.56. The molecule has 1 aliphatic rings. The molecule has 2 aromatic rings. The van der Waals surface area contributed by atoms with Gasteiger partial charge in [0.05, 0.1) is 11.7 Å². The lowest BCUT2D eigenvalue weighted by atomic mass is 9.98. The number of unbranched alkanes of at least 4 members (excludes halogenated alkanes) is 2. The minimum absolute atomic E-state index is 0.133. The number of aromatic nitrogens is 2. The molecule has 1 aromatic heterocycles. The molecule has 0 aliphatic heterocycles. The first-order chi connectivity index (χ1) is 13.7. The van der Waals surface area contributed by atoms with Gasteiger partial charge in [0.2, 0.25) is 0 Å². The standard InChI is InChI=1S/C25H35N3/c1-4-6-11-20-14-16-22(17-15-20)24(26-18-7-5-2)25-27-23(19-28(25)3)21-12-9-8-10-13-21/h8-10,12,14-17,19,21,24,26H,4-7,11,13,18H2,1-3H3. The lowest BCUT2D eigenvalue weighted by Gasteiger charge is -2.19. The van der Waals surface area contributed by atoms with Crippen molar-refractivity contribution in [2.24, 2.45) is 7.05 Å². The monoisotopic (exact) mass is 377 g/mol. The molecule has 0 fully saturated rings. The summed E-state index contributed by atoms with van der Waals surface area (Å²) in [6.45, 7) is 5.49. The zero-order valence-electron chi connectivity index (χ0n) is 17.7. The minimum Gasteiger partial charge on any atom is -0.336 e. The summed E-state index contributed by atoms with van der Waals surface area (Å²) in [6, 6.07) is 9.28. The van der Waals surface area contributed by atoms with E-state index in [4.69, 9.17) is 4.98 Å². The molecule has 0 amide bonds. The fourth-order valence-corrected chi connectivity index (χ4v) is 3.79. The van der Waals surface area contributed by atoms with Gasteiger partial charge in [-0.3, -0.25) is 0 Å². The Labute approximate surface area is 170 Å². The van der Waals surface area contributed by atoms with Crippen LogP contribution >= 0.6 is 0 Å². The van der Waals surface area contributed by atoms with Crippen molar-refractivity contribution in [3.8, 4) is 0 Å². The molecule has 1 aliphatic carbocycles. The van der Waals surface area contributed by atoms with Gasteiger partial charge in [0.1, 0.15) is 5.82 Å². The number of rotatable bonds is 10. The molecule has 150 valence electrons. The number of nitrogens with zero attached hydrogens (tertiary/aromatic N) is 2. The molecule has 0 spiro atoms. The SMILES string of the molecule is CCCCNC(c1ccc(CCCC)cc1)c1nc(C2C=CC=CC2)cn1C. The molecule has 3 rings (SSSR count). The average molecular weight is 378 g/mol. The molecule has 28 heavy (non-hydrogen) atoms. The Bertz CT molecular complexity index is 783. The van der Waals surface area contributed by atoms with Crippen LogP contribution in [0.1, 0.15) is 80.6 Å². The highest BCUT2D eigenvalue weighted by atomic mass is 15.1. The number of hydrogen-bond acceptors (Lipinski definition) is 2. The first-order valence-electron chi connectivity index (χ1n) is 10.9. The number of benzene rings is 1. The van der Waals surface area contributed by atoms with Crippen molar-refractivity contribution in [3.63, 3.8) is 0 Å². The Balaban J connectivity index is 1.84. The lowest BCUT2D eigenvalue weighted by molar-refractivity contribution is 0.542. The molecular weight excluding hydrogens is 342 g/mol. The molecule has 2 unspecified atom stereocenters. The maximum atomic E-state index is 5.08. The largest absolute Gasteiger partial charge is 0.336 e. The van der Waals surface area contributed by atoms with E-state index < -0.39 is 0 Å². The highest BCUT2D eigenvalue weighted by Crippen LogP contribution is 2.28. The fraction of sp³-hybridized carbons (Fsp3) is 0.480. The predicted octanol–water partition coefficient (Wildman–Crippen LogP) is 5.84. The zero-order valence-corrected chi connectivity index (χ0v) is 17.7. The molecule has 3 nitrogen and oxygen atoms in total. The van der Waals surface area contributed by atoms with E-state index in [0.717, 1.165) is 18.8 Å². The third kappa shape index (κ3) is 5.23. The Morgan fingerprint density at radius 3 is 2.57 bits per heavy atom.